The van der Waals surface area contributed by atoms with E-state index in [1.54, 1.807) is 38.4 Å². The lowest BCUT2D eigenvalue weighted by atomic mass is 10.1. The molecule has 0 aliphatic heterocycles. The van der Waals surface area contributed by atoms with Crippen molar-refractivity contribution in [1.29, 1.82) is 0 Å². The largest absolute Gasteiger partial charge is 0.493 e. The molecule has 1 saturated carbocycles. The molecular weight excluding hydrogens is 294 g/mol. The van der Waals surface area contributed by atoms with Crippen LogP contribution in [0.4, 0.5) is 0 Å². The summed E-state index contributed by atoms with van der Waals surface area (Å²) in [7, 11) is 6.56. The van der Waals surface area contributed by atoms with Crippen LogP contribution < -0.4 is 14.2 Å². The van der Waals surface area contributed by atoms with Crippen molar-refractivity contribution < 1.29 is 19.0 Å². The van der Waals surface area contributed by atoms with Gasteiger partial charge in [0.05, 0.1) is 21.3 Å². The molecule has 1 amide bonds. The van der Waals surface area contributed by atoms with Gasteiger partial charge in [0.15, 0.2) is 11.5 Å². The summed E-state index contributed by atoms with van der Waals surface area (Å²) in [5.41, 5.74) is 0.820. The molecule has 0 aromatic heterocycles. The zero-order chi connectivity index (χ0) is 17.0. The van der Waals surface area contributed by atoms with Gasteiger partial charge in [0, 0.05) is 19.2 Å². The Kier molecular flexibility index (Phi) is 5.53. The lowest BCUT2D eigenvalue weighted by Crippen LogP contribution is -2.35. The van der Waals surface area contributed by atoms with Gasteiger partial charge in [0.1, 0.15) is 0 Å². The molecule has 0 heterocycles. The fraction of sp³-hybridized carbons (Fsp3) is 0.500. The molecule has 23 heavy (non-hydrogen) atoms. The zero-order valence-electron chi connectivity index (χ0n) is 14.5. The smallest absolute Gasteiger partial charge is 0.246 e. The second-order valence-electron chi connectivity index (χ2n) is 5.82. The molecule has 0 N–H and O–H groups in total. The Morgan fingerprint density at radius 3 is 2.17 bits per heavy atom. The molecule has 126 valence electrons. The molecule has 0 bridgehead atoms. The van der Waals surface area contributed by atoms with E-state index in [4.69, 9.17) is 14.2 Å². The molecule has 0 spiro atoms. The van der Waals surface area contributed by atoms with E-state index in [0.717, 1.165) is 5.56 Å². The average Bonchev–Trinajstić information content (AvgIpc) is 3.42. The fourth-order valence-corrected chi connectivity index (χ4v) is 2.58. The Morgan fingerprint density at radius 1 is 1.17 bits per heavy atom. The van der Waals surface area contributed by atoms with Crippen LogP contribution in [-0.4, -0.2) is 45.2 Å². The van der Waals surface area contributed by atoms with Gasteiger partial charge in [-0.3, -0.25) is 4.79 Å². The summed E-state index contributed by atoms with van der Waals surface area (Å²) in [6.07, 6.45) is 5.78. The third-order valence-electron chi connectivity index (χ3n) is 4.37. The van der Waals surface area contributed by atoms with Crippen LogP contribution in [0.2, 0.25) is 0 Å². The van der Waals surface area contributed by atoms with Gasteiger partial charge >= 0.3 is 0 Å². The van der Waals surface area contributed by atoms with Crippen molar-refractivity contribution in [2.75, 3.05) is 28.4 Å². The lowest BCUT2D eigenvalue weighted by Gasteiger charge is -2.23. The van der Waals surface area contributed by atoms with Gasteiger partial charge in [-0.1, -0.05) is 0 Å². The second kappa shape index (κ2) is 7.40. The van der Waals surface area contributed by atoms with Crippen LogP contribution in [0.25, 0.3) is 6.08 Å². The van der Waals surface area contributed by atoms with Crippen molar-refractivity contribution in [3.05, 3.63) is 23.8 Å². The normalized spacial score (nSPS) is 15.3. The van der Waals surface area contributed by atoms with Crippen LogP contribution in [-0.2, 0) is 4.79 Å². The van der Waals surface area contributed by atoms with E-state index in [-0.39, 0.29) is 11.9 Å². The van der Waals surface area contributed by atoms with Gasteiger partial charge < -0.3 is 19.1 Å². The minimum atomic E-state index is -0.00171. The first-order chi connectivity index (χ1) is 11.0. The van der Waals surface area contributed by atoms with Crippen molar-refractivity contribution in [3.8, 4) is 17.2 Å². The molecular formula is C18H25NO4. The summed E-state index contributed by atoms with van der Waals surface area (Å²) in [6, 6.07) is 3.91. The molecule has 1 unspecified atom stereocenters. The third kappa shape index (κ3) is 3.97. The number of rotatable bonds is 7. The third-order valence-corrected chi connectivity index (χ3v) is 4.37. The van der Waals surface area contributed by atoms with E-state index in [9.17, 15) is 4.79 Å². The van der Waals surface area contributed by atoms with E-state index in [1.165, 1.54) is 12.8 Å². The highest BCUT2D eigenvalue weighted by molar-refractivity contribution is 5.92. The number of amides is 1. The lowest BCUT2D eigenvalue weighted by molar-refractivity contribution is -0.126. The molecule has 1 fully saturated rings. The number of hydrogen-bond acceptors (Lipinski definition) is 4. The highest BCUT2D eigenvalue weighted by atomic mass is 16.5. The molecule has 1 aromatic carbocycles. The number of carbonyl (C=O) groups is 1. The Balaban J connectivity index is 2.16. The minimum absolute atomic E-state index is 0.00171. The van der Waals surface area contributed by atoms with Crippen molar-refractivity contribution in [2.45, 2.75) is 25.8 Å². The summed E-state index contributed by atoms with van der Waals surface area (Å²) < 4.78 is 15.9. The van der Waals surface area contributed by atoms with E-state index in [1.807, 2.05) is 19.2 Å². The topological polar surface area (TPSA) is 48.0 Å². The molecule has 0 radical (unpaired) electrons. The predicted octanol–water partition coefficient (Wildman–Crippen LogP) is 2.98. The number of methoxy groups -OCH3 is 3. The van der Waals surface area contributed by atoms with Crippen LogP contribution in [0.5, 0.6) is 17.2 Å². The minimum Gasteiger partial charge on any atom is -0.493 e. The molecule has 1 aliphatic rings. The highest BCUT2D eigenvalue weighted by Gasteiger charge is 2.31. The van der Waals surface area contributed by atoms with Gasteiger partial charge in [0.2, 0.25) is 11.7 Å². The van der Waals surface area contributed by atoms with E-state index in [2.05, 4.69) is 6.92 Å². The number of likely N-dealkylation sites (N-methyl/N-ethyl adjacent to an activating group) is 1. The monoisotopic (exact) mass is 319 g/mol. The fourth-order valence-electron chi connectivity index (χ4n) is 2.58. The molecule has 1 atom stereocenters. The van der Waals surface area contributed by atoms with Crippen LogP contribution in [0.1, 0.15) is 25.3 Å². The van der Waals surface area contributed by atoms with E-state index < -0.39 is 0 Å². The first-order valence-corrected chi connectivity index (χ1v) is 7.76. The molecule has 2 rings (SSSR count). The number of benzene rings is 1. The first kappa shape index (κ1) is 17.2. The zero-order valence-corrected chi connectivity index (χ0v) is 14.5. The van der Waals surface area contributed by atoms with Crippen molar-refractivity contribution >= 4 is 12.0 Å². The van der Waals surface area contributed by atoms with E-state index >= 15 is 0 Å². The first-order valence-electron chi connectivity index (χ1n) is 7.76. The molecule has 5 heteroatoms. The maximum absolute atomic E-state index is 12.3. The Morgan fingerprint density at radius 2 is 1.74 bits per heavy atom. The number of ether oxygens (including phenoxy) is 3. The maximum atomic E-state index is 12.3. The van der Waals surface area contributed by atoms with Gasteiger partial charge in [-0.05, 0) is 49.5 Å². The standard InChI is InChI=1S/C18H25NO4/c1-12(14-7-8-14)19(2)17(20)9-6-13-10-15(21-3)18(23-5)16(11-13)22-4/h6,9-12,14H,7-8H2,1-5H3. The summed E-state index contributed by atoms with van der Waals surface area (Å²) >= 11 is 0. The predicted molar refractivity (Wildman–Crippen MR) is 90.1 cm³/mol. The molecule has 1 aliphatic carbocycles. The Hall–Kier alpha value is -2.17. The summed E-state index contributed by atoms with van der Waals surface area (Å²) in [5, 5.41) is 0. The van der Waals surface area contributed by atoms with Crippen LogP contribution in [0.3, 0.4) is 0 Å². The van der Waals surface area contributed by atoms with Crippen LogP contribution in [0.15, 0.2) is 18.2 Å². The Bertz CT molecular complexity index is 568. The van der Waals surface area contributed by atoms with Crippen molar-refractivity contribution in [2.24, 2.45) is 5.92 Å². The van der Waals surface area contributed by atoms with Crippen molar-refractivity contribution in [1.82, 2.24) is 4.90 Å². The number of carbonyl (C=O) groups excluding carboxylic acids is 1. The number of hydrogen-bond donors (Lipinski definition) is 0. The Labute approximate surface area is 137 Å². The summed E-state index contributed by atoms with van der Waals surface area (Å²) in [4.78, 5) is 14.1. The van der Waals surface area contributed by atoms with E-state index in [0.29, 0.717) is 23.2 Å². The highest BCUT2D eigenvalue weighted by Crippen LogP contribution is 2.38. The average molecular weight is 319 g/mol. The quantitative estimate of drug-likeness (QED) is 0.725. The summed E-state index contributed by atoms with van der Waals surface area (Å²) in [5.74, 6) is 2.33. The number of nitrogens with zero attached hydrogens (tertiary/aromatic N) is 1. The van der Waals surface area contributed by atoms with Crippen molar-refractivity contribution in [3.63, 3.8) is 0 Å². The van der Waals surface area contributed by atoms with Gasteiger partial charge in [-0.25, -0.2) is 0 Å². The van der Waals surface area contributed by atoms with Gasteiger partial charge in [0.25, 0.3) is 0 Å². The second-order valence-corrected chi connectivity index (χ2v) is 5.82. The van der Waals surface area contributed by atoms with Crippen LogP contribution in [0, 0.1) is 5.92 Å². The summed E-state index contributed by atoms with van der Waals surface area (Å²) in [6.45, 7) is 2.10. The SMILES string of the molecule is COc1cc(C=CC(=O)N(C)C(C)C2CC2)cc(OC)c1OC. The molecule has 1 aromatic rings. The van der Waals surface area contributed by atoms with Gasteiger partial charge in [-0.15, -0.1) is 0 Å². The van der Waals surface area contributed by atoms with Gasteiger partial charge in [-0.2, -0.15) is 0 Å². The molecule has 0 saturated heterocycles. The maximum Gasteiger partial charge on any atom is 0.246 e. The molecule has 5 nitrogen and oxygen atoms in total. The van der Waals surface area contributed by atoms with Crippen LogP contribution >= 0.6 is 0 Å².